The summed E-state index contributed by atoms with van der Waals surface area (Å²) in [5.74, 6) is 0.471. The molecule has 0 amide bonds. The summed E-state index contributed by atoms with van der Waals surface area (Å²) in [6.07, 6.45) is -2.30. The van der Waals surface area contributed by atoms with Gasteiger partial charge in [-0.15, -0.1) is 0 Å². The maximum Gasteiger partial charge on any atom is 0.422 e. The van der Waals surface area contributed by atoms with Crippen LogP contribution in [0.15, 0.2) is 12.3 Å². The maximum absolute atomic E-state index is 12.7. The lowest BCUT2D eigenvalue weighted by atomic mass is 10.1. The molecule has 12 heteroatoms. The third kappa shape index (κ3) is 4.15. The summed E-state index contributed by atoms with van der Waals surface area (Å²) < 4.78 is 43.0. The summed E-state index contributed by atoms with van der Waals surface area (Å²) in [5.41, 5.74) is 2.30. The van der Waals surface area contributed by atoms with Crippen molar-refractivity contribution in [3.8, 4) is 5.88 Å². The fourth-order valence-corrected chi connectivity index (χ4v) is 3.31. The normalized spacial score (nSPS) is 14.0. The number of ether oxygens (including phenoxy) is 1. The number of halogens is 4. The van der Waals surface area contributed by atoms with E-state index in [1.165, 1.54) is 0 Å². The van der Waals surface area contributed by atoms with Gasteiger partial charge in [0.2, 0.25) is 11.8 Å². The van der Waals surface area contributed by atoms with Crippen LogP contribution >= 0.6 is 11.6 Å². The summed E-state index contributed by atoms with van der Waals surface area (Å²) in [6.45, 7) is -0.186. The predicted molar refractivity (Wildman–Crippen MR) is 103 cm³/mol. The van der Waals surface area contributed by atoms with Crippen LogP contribution in [0.25, 0.3) is 11.0 Å². The number of nitrogens with one attached hydrogen (secondary N) is 4. The highest BCUT2D eigenvalue weighted by Gasteiger charge is 2.30. The number of rotatable bonds is 5. The number of alkyl halides is 3. The van der Waals surface area contributed by atoms with E-state index < -0.39 is 12.8 Å². The molecule has 4 heterocycles. The van der Waals surface area contributed by atoms with Crippen LogP contribution in [0.2, 0.25) is 5.02 Å². The third-order valence-corrected chi connectivity index (χ3v) is 4.65. The fraction of sp³-hybridized carbons (Fsp3) is 0.353. The second-order valence-electron chi connectivity index (χ2n) is 6.41. The van der Waals surface area contributed by atoms with Crippen LogP contribution in [0, 0.1) is 0 Å². The molecule has 0 radical (unpaired) electrons. The molecule has 0 saturated carbocycles. The quantitative estimate of drug-likeness (QED) is 0.495. The van der Waals surface area contributed by atoms with Crippen molar-refractivity contribution in [1.82, 2.24) is 25.3 Å². The average molecular weight is 428 g/mol. The zero-order valence-corrected chi connectivity index (χ0v) is 16.0. The summed E-state index contributed by atoms with van der Waals surface area (Å²) in [4.78, 5) is 15.9. The number of fused-ring (bicyclic) bond motifs is 2. The number of nitrogens with zero attached hydrogens (tertiary/aromatic N) is 3. The van der Waals surface area contributed by atoms with E-state index in [1.54, 1.807) is 19.3 Å². The monoisotopic (exact) mass is 427 g/mol. The highest BCUT2D eigenvalue weighted by atomic mass is 35.5. The molecular weight excluding hydrogens is 411 g/mol. The van der Waals surface area contributed by atoms with Gasteiger partial charge in [-0.25, -0.2) is 4.98 Å². The van der Waals surface area contributed by atoms with E-state index in [2.05, 4.69) is 35.9 Å². The zero-order valence-electron chi connectivity index (χ0n) is 15.2. The molecule has 0 atom stereocenters. The Bertz CT molecular complexity index is 1050. The minimum absolute atomic E-state index is 0.151. The number of pyridine rings is 1. The molecule has 3 aromatic heterocycles. The molecule has 0 fully saturated rings. The van der Waals surface area contributed by atoms with Gasteiger partial charge in [0.1, 0.15) is 17.2 Å². The van der Waals surface area contributed by atoms with Crippen molar-refractivity contribution in [2.75, 3.05) is 30.8 Å². The van der Waals surface area contributed by atoms with Crippen LogP contribution in [-0.4, -0.2) is 46.3 Å². The van der Waals surface area contributed by atoms with Gasteiger partial charge in [0.25, 0.3) is 0 Å². The summed E-state index contributed by atoms with van der Waals surface area (Å²) in [7, 11) is 1.68. The summed E-state index contributed by atoms with van der Waals surface area (Å²) >= 11 is 6.14. The molecule has 4 N–H and O–H groups in total. The van der Waals surface area contributed by atoms with Crippen LogP contribution in [-0.2, 0) is 13.0 Å². The Morgan fingerprint density at radius 3 is 2.86 bits per heavy atom. The molecule has 1 aliphatic rings. The Kier molecular flexibility index (Phi) is 5.09. The molecule has 0 bridgehead atoms. The molecule has 154 valence electrons. The standard InChI is InChI=1S/C17H17ClF3N7O/c1-22-13-12-9(18)6-24-14(12)28-16(27-13)26-11-4-8-5-23-3-2-10(8)25-15(11)29-7-17(19,20)21/h4,6,23H,2-3,5,7H2,1H3,(H3,22,24,26,27,28). The van der Waals surface area contributed by atoms with Crippen LogP contribution in [0.3, 0.4) is 0 Å². The molecule has 0 aromatic carbocycles. The van der Waals surface area contributed by atoms with Crippen molar-refractivity contribution < 1.29 is 17.9 Å². The van der Waals surface area contributed by atoms with E-state index in [4.69, 9.17) is 16.3 Å². The first kappa shape index (κ1) is 19.5. The molecule has 8 nitrogen and oxygen atoms in total. The molecular formula is C17H17ClF3N7O. The first-order valence-electron chi connectivity index (χ1n) is 8.76. The maximum atomic E-state index is 12.7. The molecule has 0 spiro atoms. The van der Waals surface area contributed by atoms with Gasteiger partial charge in [-0.1, -0.05) is 11.6 Å². The van der Waals surface area contributed by atoms with Gasteiger partial charge in [-0.3, -0.25) is 0 Å². The molecule has 29 heavy (non-hydrogen) atoms. The van der Waals surface area contributed by atoms with Gasteiger partial charge >= 0.3 is 6.18 Å². The lowest BCUT2D eigenvalue weighted by Crippen LogP contribution is -2.26. The van der Waals surface area contributed by atoms with E-state index in [0.717, 1.165) is 5.56 Å². The second kappa shape index (κ2) is 7.56. The number of aromatic nitrogens is 4. The van der Waals surface area contributed by atoms with Crippen LogP contribution in [0.5, 0.6) is 5.88 Å². The van der Waals surface area contributed by atoms with E-state index in [1.807, 2.05) is 0 Å². The number of H-pyrrole nitrogens is 1. The van der Waals surface area contributed by atoms with Gasteiger partial charge in [-0.05, 0) is 11.6 Å². The minimum Gasteiger partial charge on any atom is -0.467 e. The van der Waals surface area contributed by atoms with E-state index in [-0.39, 0.29) is 17.5 Å². The van der Waals surface area contributed by atoms with Crippen molar-refractivity contribution in [2.24, 2.45) is 0 Å². The first-order chi connectivity index (χ1) is 13.8. The molecule has 4 rings (SSSR count). The predicted octanol–water partition coefficient (Wildman–Crippen LogP) is 3.38. The van der Waals surface area contributed by atoms with Gasteiger partial charge in [0.05, 0.1) is 16.1 Å². The van der Waals surface area contributed by atoms with Crippen molar-refractivity contribution in [3.63, 3.8) is 0 Å². The Hall–Kier alpha value is -2.79. The lowest BCUT2D eigenvalue weighted by molar-refractivity contribution is -0.154. The first-order valence-corrected chi connectivity index (χ1v) is 9.14. The van der Waals surface area contributed by atoms with Crippen LogP contribution < -0.4 is 20.7 Å². The average Bonchev–Trinajstić information content (AvgIpc) is 3.06. The number of hydrogen-bond acceptors (Lipinski definition) is 7. The Labute approximate surface area is 168 Å². The fourth-order valence-electron chi connectivity index (χ4n) is 3.08. The Balaban J connectivity index is 1.72. The largest absolute Gasteiger partial charge is 0.467 e. The van der Waals surface area contributed by atoms with E-state index in [0.29, 0.717) is 47.1 Å². The molecule has 1 aliphatic heterocycles. The van der Waals surface area contributed by atoms with Crippen LogP contribution in [0.4, 0.5) is 30.6 Å². The summed E-state index contributed by atoms with van der Waals surface area (Å²) in [5, 5.41) is 10.1. The zero-order chi connectivity index (χ0) is 20.6. The number of anilines is 3. The van der Waals surface area contributed by atoms with E-state index in [9.17, 15) is 13.2 Å². The topological polar surface area (TPSA) is 99.8 Å². The Morgan fingerprint density at radius 1 is 1.28 bits per heavy atom. The molecule has 0 aliphatic carbocycles. The summed E-state index contributed by atoms with van der Waals surface area (Å²) in [6, 6.07) is 1.70. The van der Waals surface area contributed by atoms with Gasteiger partial charge < -0.3 is 25.7 Å². The smallest absolute Gasteiger partial charge is 0.422 e. The van der Waals surface area contributed by atoms with Crippen molar-refractivity contribution in [3.05, 3.63) is 28.5 Å². The molecule has 0 saturated heterocycles. The SMILES string of the molecule is CNc1nc(Nc2cc3c(nc2OCC(F)(F)F)CCNC3)nc2[nH]cc(Cl)c12. The third-order valence-electron chi connectivity index (χ3n) is 4.35. The highest BCUT2D eigenvalue weighted by Crippen LogP contribution is 2.33. The van der Waals surface area contributed by atoms with Crippen LogP contribution in [0.1, 0.15) is 11.3 Å². The second-order valence-corrected chi connectivity index (χ2v) is 6.82. The number of aromatic amines is 1. The van der Waals surface area contributed by atoms with Crippen molar-refractivity contribution in [1.29, 1.82) is 0 Å². The lowest BCUT2D eigenvalue weighted by Gasteiger charge is -2.20. The van der Waals surface area contributed by atoms with Crippen molar-refractivity contribution >= 4 is 40.1 Å². The number of hydrogen-bond donors (Lipinski definition) is 4. The molecule has 3 aromatic rings. The van der Waals surface area contributed by atoms with Gasteiger partial charge in [-0.2, -0.15) is 23.1 Å². The molecule has 0 unspecified atom stereocenters. The Morgan fingerprint density at radius 2 is 2.10 bits per heavy atom. The van der Waals surface area contributed by atoms with Gasteiger partial charge in [0.15, 0.2) is 6.61 Å². The van der Waals surface area contributed by atoms with E-state index >= 15 is 0 Å². The minimum atomic E-state index is -4.48. The van der Waals surface area contributed by atoms with Crippen molar-refractivity contribution in [2.45, 2.75) is 19.1 Å². The highest BCUT2D eigenvalue weighted by molar-refractivity contribution is 6.36. The van der Waals surface area contributed by atoms with Gasteiger partial charge in [0, 0.05) is 32.8 Å².